The molecule has 1 aliphatic heterocycles. The maximum absolute atomic E-state index is 5.91. The van der Waals surface area contributed by atoms with Crippen LogP contribution in [-0.4, -0.2) is 6.54 Å². The summed E-state index contributed by atoms with van der Waals surface area (Å²) in [6.07, 6.45) is 0. The van der Waals surface area contributed by atoms with Gasteiger partial charge in [-0.25, -0.2) is 0 Å². The number of fused-ring (bicyclic) bond motifs is 1. The molecule has 4 heteroatoms. The van der Waals surface area contributed by atoms with E-state index >= 15 is 0 Å². The third-order valence-electron chi connectivity index (χ3n) is 2.26. The Kier molecular flexibility index (Phi) is 2.32. The van der Waals surface area contributed by atoms with Gasteiger partial charge in [-0.1, -0.05) is 24.8 Å². The van der Waals surface area contributed by atoms with Crippen LogP contribution in [0.4, 0.5) is 11.4 Å². The summed E-state index contributed by atoms with van der Waals surface area (Å²) in [5.74, 6) is 0.501. The van der Waals surface area contributed by atoms with Gasteiger partial charge in [0, 0.05) is 10.7 Å². The minimum atomic E-state index is 0.501. The van der Waals surface area contributed by atoms with E-state index in [9.17, 15) is 0 Å². The number of halogens is 1. The van der Waals surface area contributed by atoms with Crippen molar-refractivity contribution in [1.82, 2.24) is 0 Å². The van der Waals surface area contributed by atoms with Crippen molar-refractivity contribution in [2.75, 3.05) is 16.8 Å². The number of hydrogen-bond donors (Lipinski definition) is 2. The fraction of sp³-hybridized carbons (Fsp3) is 0.0909. The number of anilines is 2. The number of rotatable bonds is 1. The Bertz CT molecular complexity index is 439. The summed E-state index contributed by atoms with van der Waals surface area (Å²) in [7, 11) is 0. The molecule has 0 aliphatic carbocycles. The van der Waals surface area contributed by atoms with E-state index in [1.54, 1.807) is 0 Å². The molecular weight excluding hydrogens is 210 g/mol. The summed E-state index contributed by atoms with van der Waals surface area (Å²) < 4.78 is 0. The summed E-state index contributed by atoms with van der Waals surface area (Å²) in [5.41, 5.74) is 8.46. The molecule has 0 spiro atoms. The first-order chi connectivity index (χ1) is 7.08. The van der Waals surface area contributed by atoms with Gasteiger partial charge in [0.05, 0.1) is 23.7 Å². The summed E-state index contributed by atoms with van der Waals surface area (Å²) >= 11 is 5.91. The second-order valence-electron chi connectivity index (χ2n) is 3.47. The van der Waals surface area contributed by atoms with Crippen molar-refractivity contribution in [2.24, 2.45) is 5.73 Å². The normalized spacial score (nSPS) is 14.5. The molecular formula is C11H12ClN3. The van der Waals surface area contributed by atoms with Crippen molar-refractivity contribution in [3.8, 4) is 0 Å². The maximum atomic E-state index is 5.91. The second-order valence-corrected chi connectivity index (χ2v) is 3.90. The van der Waals surface area contributed by atoms with Crippen LogP contribution in [-0.2, 0) is 0 Å². The van der Waals surface area contributed by atoms with Crippen LogP contribution in [0.2, 0.25) is 5.02 Å². The molecule has 1 aliphatic rings. The second kappa shape index (κ2) is 3.51. The zero-order chi connectivity index (χ0) is 11.0. The lowest BCUT2D eigenvalue weighted by Crippen LogP contribution is -2.34. The van der Waals surface area contributed by atoms with Crippen LogP contribution in [0.5, 0.6) is 0 Å². The molecule has 0 atom stereocenters. The first kappa shape index (κ1) is 9.93. The van der Waals surface area contributed by atoms with Crippen molar-refractivity contribution in [2.45, 2.75) is 0 Å². The van der Waals surface area contributed by atoms with Crippen LogP contribution in [0.15, 0.2) is 42.9 Å². The average Bonchev–Trinajstić information content (AvgIpc) is 2.15. The third kappa shape index (κ3) is 1.78. The number of nitrogens with two attached hydrogens (primary N) is 1. The molecule has 0 saturated carbocycles. The Morgan fingerprint density at radius 2 is 2.27 bits per heavy atom. The van der Waals surface area contributed by atoms with E-state index in [-0.39, 0.29) is 0 Å². The number of nitrogens with zero attached hydrogens (tertiary/aromatic N) is 1. The minimum Gasteiger partial charge on any atom is -0.386 e. The largest absolute Gasteiger partial charge is 0.386 e. The first-order valence-electron chi connectivity index (χ1n) is 4.54. The Morgan fingerprint density at radius 3 is 2.93 bits per heavy atom. The van der Waals surface area contributed by atoms with Gasteiger partial charge in [-0.3, -0.25) is 0 Å². The van der Waals surface area contributed by atoms with Gasteiger partial charge < -0.3 is 16.0 Å². The highest BCUT2D eigenvalue weighted by atomic mass is 35.5. The standard InChI is InChI=1S/C11H12ClN3/c1-7-6-15(8(2)13)11-4-3-9(12)5-10(11)14-7/h3-5,14H,1-2,6,13H2. The highest BCUT2D eigenvalue weighted by molar-refractivity contribution is 6.31. The molecule has 0 saturated heterocycles. The van der Waals surface area contributed by atoms with Gasteiger partial charge >= 0.3 is 0 Å². The number of nitrogens with one attached hydrogen (secondary N) is 1. The summed E-state index contributed by atoms with van der Waals surface area (Å²) in [6.45, 7) is 8.25. The molecule has 0 unspecified atom stereocenters. The predicted octanol–water partition coefficient (Wildman–Crippen LogP) is 2.52. The fourth-order valence-corrected chi connectivity index (χ4v) is 1.78. The van der Waals surface area contributed by atoms with Gasteiger partial charge in [0.1, 0.15) is 0 Å². The molecule has 0 fully saturated rings. The van der Waals surface area contributed by atoms with Crippen LogP contribution in [0, 0.1) is 0 Å². The van der Waals surface area contributed by atoms with Crippen LogP contribution >= 0.6 is 11.6 Å². The highest BCUT2D eigenvalue weighted by Gasteiger charge is 2.19. The van der Waals surface area contributed by atoms with Gasteiger partial charge in [-0.15, -0.1) is 0 Å². The van der Waals surface area contributed by atoms with E-state index in [4.69, 9.17) is 17.3 Å². The molecule has 2 rings (SSSR count). The van der Waals surface area contributed by atoms with Crippen molar-refractivity contribution in [1.29, 1.82) is 0 Å². The molecule has 3 N–H and O–H groups in total. The SMILES string of the molecule is C=C1CN(C(=C)N)c2ccc(Cl)cc2N1. The summed E-state index contributed by atoms with van der Waals surface area (Å²) in [5, 5.41) is 3.85. The summed E-state index contributed by atoms with van der Waals surface area (Å²) in [4.78, 5) is 1.89. The van der Waals surface area contributed by atoms with E-state index in [0.29, 0.717) is 17.4 Å². The van der Waals surface area contributed by atoms with E-state index in [2.05, 4.69) is 18.5 Å². The van der Waals surface area contributed by atoms with Gasteiger partial charge in [0.15, 0.2) is 0 Å². The molecule has 0 bridgehead atoms. The van der Waals surface area contributed by atoms with Crippen LogP contribution in [0.3, 0.4) is 0 Å². The highest BCUT2D eigenvalue weighted by Crippen LogP contribution is 2.34. The van der Waals surface area contributed by atoms with Crippen LogP contribution in [0.25, 0.3) is 0 Å². The lowest BCUT2D eigenvalue weighted by atomic mass is 10.2. The maximum Gasteiger partial charge on any atom is 0.0961 e. The van der Waals surface area contributed by atoms with Crippen molar-refractivity contribution in [3.63, 3.8) is 0 Å². The Morgan fingerprint density at radius 1 is 1.53 bits per heavy atom. The Labute approximate surface area is 93.8 Å². The zero-order valence-electron chi connectivity index (χ0n) is 8.26. The van der Waals surface area contributed by atoms with Crippen molar-refractivity contribution >= 4 is 23.0 Å². The minimum absolute atomic E-state index is 0.501. The zero-order valence-corrected chi connectivity index (χ0v) is 9.01. The Balaban J connectivity index is 2.51. The lowest BCUT2D eigenvalue weighted by Gasteiger charge is -2.32. The molecule has 78 valence electrons. The van der Waals surface area contributed by atoms with E-state index in [0.717, 1.165) is 17.1 Å². The monoisotopic (exact) mass is 221 g/mol. The summed E-state index contributed by atoms with van der Waals surface area (Å²) in [6, 6.07) is 5.58. The van der Waals surface area contributed by atoms with Crippen LogP contribution < -0.4 is 16.0 Å². The number of hydrogen-bond acceptors (Lipinski definition) is 3. The van der Waals surface area contributed by atoms with E-state index < -0.39 is 0 Å². The van der Waals surface area contributed by atoms with Crippen LogP contribution in [0.1, 0.15) is 0 Å². The molecule has 1 aromatic carbocycles. The molecule has 1 aromatic rings. The van der Waals surface area contributed by atoms with Crippen molar-refractivity contribution < 1.29 is 0 Å². The molecule has 15 heavy (non-hydrogen) atoms. The molecule has 0 amide bonds. The average molecular weight is 222 g/mol. The first-order valence-corrected chi connectivity index (χ1v) is 4.92. The molecule has 1 heterocycles. The predicted molar refractivity (Wildman–Crippen MR) is 64.9 cm³/mol. The van der Waals surface area contributed by atoms with Gasteiger partial charge in [0.25, 0.3) is 0 Å². The fourth-order valence-electron chi connectivity index (χ4n) is 1.61. The quantitative estimate of drug-likeness (QED) is 0.766. The smallest absolute Gasteiger partial charge is 0.0961 e. The topological polar surface area (TPSA) is 41.3 Å². The van der Waals surface area contributed by atoms with Gasteiger partial charge in [-0.2, -0.15) is 0 Å². The van der Waals surface area contributed by atoms with E-state index in [1.165, 1.54) is 0 Å². The number of benzene rings is 1. The third-order valence-corrected chi connectivity index (χ3v) is 2.49. The molecule has 0 radical (unpaired) electrons. The van der Waals surface area contributed by atoms with Crippen molar-refractivity contribution in [3.05, 3.63) is 47.9 Å². The van der Waals surface area contributed by atoms with E-state index in [1.807, 2.05) is 23.1 Å². The lowest BCUT2D eigenvalue weighted by molar-refractivity contribution is 0.941. The Hall–Kier alpha value is -1.61. The molecule has 0 aromatic heterocycles. The van der Waals surface area contributed by atoms with Gasteiger partial charge in [-0.05, 0) is 18.2 Å². The molecule has 3 nitrogen and oxygen atoms in total. The van der Waals surface area contributed by atoms with Gasteiger partial charge in [0.2, 0.25) is 0 Å².